The molecule has 1 aliphatic rings. The third kappa shape index (κ3) is 3.73. The van der Waals surface area contributed by atoms with Crippen molar-refractivity contribution in [3.8, 4) is 11.5 Å². The Labute approximate surface area is 171 Å². The average molecular weight is 410 g/mol. The van der Waals surface area contributed by atoms with Gasteiger partial charge in [-0.3, -0.25) is 14.9 Å². The van der Waals surface area contributed by atoms with E-state index < -0.39 is 10.2 Å². The van der Waals surface area contributed by atoms with Crippen LogP contribution in [0.25, 0.3) is 11.5 Å². The molecule has 4 rings (SSSR count). The van der Waals surface area contributed by atoms with Crippen molar-refractivity contribution in [2.45, 2.75) is 36.8 Å². The second kappa shape index (κ2) is 7.67. The summed E-state index contributed by atoms with van der Waals surface area (Å²) in [5.41, 5.74) is 2.51. The number of carbonyl (C=O) groups excluding carboxylic acids is 1. The lowest BCUT2D eigenvalue weighted by atomic mass is 10.1. The van der Waals surface area contributed by atoms with Crippen molar-refractivity contribution in [3.63, 3.8) is 0 Å². The Bertz CT molecular complexity index is 1080. The quantitative estimate of drug-likeness (QED) is 0.354. The van der Waals surface area contributed by atoms with Crippen LogP contribution < -0.4 is 4.90 Å². The summed E-state index contributed by atoms with van der Waals surface area (Å²) in [5, 5.41) is 18.7. The van der Waals surface area contributed by atoms with Gasteiger partial charge in [-0.2, -0.15) is 0 Å². The summed E-state index contributed by atoms with van der Waals surface area (Å²) in [7, 11) is 0. The van der Waals surface area contributed by atoms with E-state index in [0.717, 1.165) is 17.7 Å². The van der Waals surface area contributed by atoms with Gasteiger partial charge in [-0.15, -0.1) is 10.2 Å². The largest absolute Gasteiger partial charge is 0.411 e. The molecule has 0 aliphatic carbocycles. The highest BCUT2D eigenvalue weighted by atomic mass is 32.2. The van der Waals surface area contributed by atoms with Gasteiger partial charge >= 0.3 is 0 Å². The molecule has 0 bridgehead atoms. The zero-order chi connectivity index (χ0) is 20.5. The van der Waals surface area contributed by atoms with Crippen LogP contribution in [0.4, 0.5) is 11.4 Å². The van der Waals surface area contributed by atoms with E-state index in [1.54, 1.807) is 19.1 Å². The fourth-order valence-electron chi connectivity index (χ4n) is 3.43. The molecule has 0 saturated heterocycles. The summed E-state index contributed by atoms with van der Waals surface area (Å²) >= 11 is 1.18. The number of nitrogens with zero attached hydrogens (tertiary/aromatic N) is 4. The number of hydrogen-bond donors (Lipinski definition) is 0. The number of nitro groups is 1. The van der Waals surface area contributed by atoms with E-state index in [-0.39, 0.29) is 28.7 Å². The van der Waals surface area contributed by atoms with E-state index in [1.807, 2.05) is 36.1 Å². The predicted molar refractivity (Wildman–Crippen MR) is 109 cm³/mol. The molecule has 2 atom stereocenters. The van der Waals surface area contributed by atoms with E-state index in [0.29, 0.717) is 5.56 Å². The minimum Gasteiger partial charge on any atom is -0.411 e. The van der Waals surface area contributed by atoms with Gasteiger partial charge in [-0.05, 0) is 38.0 Å². The van der Waals surface area contributed by atoms with Crippen LogP contribution >= 0.6 is 11.8 Å². The van der Waals surface area contributed by atoms with Crippen LogP contribution in [0, 0.1) is 10.1 Å². The summed E-state index contributed by atoms with van der Waals surface area (Å²) in [6, 6.07) is 14.0. The van der Waals surface area contributed by atoms with Crippen LogP contribution in [0.1, 0.15) is 19.4 Å². The van der Waals surface area contributed by atoms with E-state index in [2.05, 4.69) is 10.2 Å². The first-order valence-electron chi connectivity index (χ1n) is 9.10. The first-order chi connectivity index (χ1) is 13.9. The number of nitro benzene ring substituents is 1. The third-order valence-corrected chi connectivity index (χ3v) is 5.70. The molecule has 0 fully saturated rings. The molecule has 1 amide bonds. The van der Waals surface area contributed by atoms with Crippen LogP contribution in [0.2, 0.25) is 0 Å². The number of aromatic nitrogens is 2. The Morgan fingerprint density at radius 1 is 1.28 bits per heavy atom. The molecule has 1 aliphatic heterocycles. The van der Waals surface area contributed by atoms with Crippen molar-refractivity contribution >= 4 is 29.0 Å². The number of para-hydroxylation sites is 1. The van der Waals surface area contributed by atoms with E-state index >= 15 is 0 Å². The van der Waals surface area contributed by atoms with E-state index in [4.69, 9.17) is 4.42 Å². The lowest BCUT2D eigenvalue weighted by molar-refractivity contribution is -0.384. The number of amides is 1. The van der Waals surface area contributed by atoms with Crippen LogP contribution in [-0.4, -0.2) is 32.3 Å². The van der Waals surface area contributed by atoms with E-state index in [1.165, 1.54) is 23.9 Å². The molecular weight excluding hydrogens is 392 g/mol. The van der Waals surface area contributed by atoms with Crippen molar-refractivity contribution in [1.82, 2.24) is 10.2 Å². The predicted octanol–water partition coefficient (Wildman–Crippen LogP) is 4.10. The Hall–Kier alpha value is -3.20. The first-order valence-corrected chi connectivity index (χ1v) is 9.98. The summed E-state index contributed by atoms with van der Waals surface area (Å²) in [5.74, 6) is 0.151. The number of anilines is 1. The van der Waals surface area contributed by atoms with Gasteiger partial charge < -0.3 is 9.32 Å². The Morgan fingerprint density at radius 2 is 2.07 bits per heavy atom. The highest BCUT2D eigenvalue weighted by molar-refractivity contribution is 8.00. The van der Waals surface area contributed by atoms with Gasteiger partial charge in [-0.25, -0.2) is 0 Å². The van der Waals surface area contributed by atoms with Gasteiger partial charge in [0.05, 0.1) is 10.2 Å². The van der Waals surface area contributed by atoms with Gasteiger partial charge in [0.1, 0.15) is 0 Å². The van der Waals surface area contributed by atoms with Gasteiger partial charge in [0, 0.05) is 29.4 Å². The molecule has 29 heavy (non-hydrogen) atoms. The van der Waals surface area contributed by atoms with Crippen molar-refractivity contribution < 1.29 is 14.1 Å². The van der Waals surface area contributed by atoms with Crippen molar-refractivity contribution in [3.05, 3.63) is 64.2 Å². The van der Waals surface area contributed by atoms with Crippen molar-refractivity contribution in [2.24, 2.45) is 0 Å². The highest BCUT2D eigenvalue weighted by Crippen LogP contribution is 2.35. The zero-order valence-corrected chi connectivity index (χ0v) is 16.6. The van der Waals surface area contributed by atoms with Crippen molar-refractivity contribution in [2.75, 3.05) is 4.90 Å². The lowest BCUT2D eigenvalue weighted by Crippen LogP contribution is -2.40. The maximum atomic E-state index is 13.1. The van der Waals surface area contributed by atoms with Crippen molar-refractivity contribution in [1.29, 1.82) is 0 Å². The Kier molecular flexibility index (Phi) is 5.06. The van der Waals surface area contributed by atoms with Gasteiger partial charge in [-0.1, -0.05) is 36.0 Å². The minimum atomic E-state index is -0.481. The molecule has 3 aromatic rings. The van der Waals surface area contributed by atoms with Crippen LogP contribution in [0.3, 0.4) is 0 Å². The molecule has 1 aromatic heterocycles. The monoisotopic (exact) mass is 410 g/mol. The lowest BCUT2D eigenvalue weighted by Gasteiger charge is -2.25. The minimum absolute atomic E-state index is 0.0254. The maximum Gasteiger partial charge on any atom is 0.277 e. The van der Waals surface area contributed by atoms with Crippen LogP contribution in [0.5, 0.6) is 0 Å². The molecule has 2 aromatic carbocycles. The number of thioether (sulfide) groups is 1. The third-order valence-electron chi connectivity index (χ3n) is 4.78. The molecule has 8 nitrogen and oxygen atoms in total. The number of non-ortho nitro benzene ring substituents is 1. The molecule has 0 N–H and O–H groups in total. The standard InChI is InChI=1S/C20H18N4O4S/c1-12-10-14-6-3-4-9-17(14)23(12)19(25)13(2)29-20-22-21-18(28-20)15-7-5-8-16(11-15)24(26)27/h3-9,11-13H,10H2,1-2H3/t12-,13-/m0/s1. The number of carbonyl (C=O) groups is 1. The van der Waals surface area contributed by atoms with Crippen LogP contribution in [-0.2, 0) is 11.2 Å². The van der Waals surface area contributed by atoms with E-state index in [9.17, 15) is 14.9 Å². The Morgan fingerprint density at radius 3 is 2.86 bits per heavy atom. The maximum absolute atomic E-state index is 13.1. The molecule has 0 radical (unpaired) electrons. The number of hydrogen-bond acceptors (Lipinski definition) is 7. The normalized spacial score (nSPS) is 16.5. The fraction of sp³-hybridized carbons (Fsp3) is 0.250. The SMILES string of the molecule is C[C@H](Sc1nnc(-c2cccc([N+](=O)[O-])c2)o1)C(=O)N1c2ccccc2C[C@@H]1C. The Balaban J connectivity index is 1.50. The summed E-state index contributed by atoms with van der Waals surface area (Å²) in [6.07, 6.45) is 0.830. The molecule has 2 heterocycles. The molecule has 0 spiro atoms. The van der Waals surface area contributed by atoms with Gasteiger partial charge in [0.25, 0.3) is 10.9 Å². The second-order valence-electron chi connectivity index (χ2n) is 6.83. The number of benzene rings is 2. The molecular formula is C20H18N4O4S. The molecule has 0 unspecified atom stereocenters. The average Bonchev–Trinajstić information content (AvgIpc) is 3.31. The fourth-order valence-corrected chi connectivity index (χ4v) is 4.16. The topological polar surface area (TPSA) is 102 Å². The summed E-state index contributed by atoms with van der Waals surface area (Å²) in [6.45, 7) is 3.83. The first kappa shape index (κ1) is 19.1. The molecule has 9 heteroatoms. The zero-order valence-electron chi connectivity index (χ0n) is 15.8. The highest BCUT2D eigenvalue weighted by Gasteiger charge is 2.34. The smallest absolute Gasteiger partial charge is 0.277 e. The molecule has 0 saturated carbocycles. The van der Waals surface area contributed by atoms with Gasteiger partial charge in [0.15, 0.2) is 0 Å². The number of rotatable bonds is 5. The molecule has 148 valence electrons. The second-order valence-corrected chi connectivity index (χ2v) is 8.12. The summed E-state index contributed by atoms with van der Waals surface area (Å²) in [4.78, 5) is 25.3. The van der Waals surface area contributed by atoms with Gasteiger partial charge in [0.2, 0.25) is 11.8 Å². The van der Waals surface area contributed by atoms with Crippen LogP contribution in [0.15, 0.2) is 58.2 Å². The summed E-state index contributed by atoms with van der Waals surface area (Å²) < 4.78 is 5.63. The number of fused-ring (bicyclic) bond motifs is 1.